The minimum Gasteiger partial charge on any atom is -0.345 e. The zero-order chi connectivity index (χ0) is 12.4. The van der Waals surface area contributed by atoms with Crippen LogP contribution in [0, 0.1) is 31.0 Å². The van der Waals surface area contributed by atoms with Gasteiger partial charge in [-0.1, -0.05) is 6.07 Å². The maximum absolute atomic E-state index is 13.4. The van der Waals surface area contributed by atoms with Gasteiger partial charge in [-0.05, 0) is 43.1 Å². The second kappa shape index (κ2) is 4.52. The van der Waals surface area contributed by atoms with Crippen molar-refractivity contribution in [1.29, 1.82) is 5.26 Å². The molecule has 1 N–H and O–H groups in total. The summed E-state index contributed by atoms with van der Waals surface area (Å²) in [7, 11) is 0. The Hall–Kier alpha value is -1.93. The lowest BCUT2D eigenvalue weighted by atomic mass is 10.2. The number of rotatable bonds is 2. The van der Waals surface area contributed by atoms with Crippen molar-refractivity contribution in [2.75, 3.05) is 5.32 Å². The first-order valence-electron chi connectivity index (χ1n) is 5.01. The third kappa shape index (κ3) is 2.27. The van der Waals surface area contributed by atoms with Gasteiger partial charge in [0.25, 0.3) is 0 Å². The Morgan fingerprint density at radius 2 is 2.18 bits per heavy atom. The third-order valence-corrected chi connectivity index (χ3v) is 3.26. The van der Waals surface area contributed by atoms with Gasteiger partial charge in [0, 0.05) is 5.69 Å². The van der Waals surface area contributed by atoms with E-state index in [-0.39, 0.29) is 5.82 Å². The first-order valence-corrected chi connectivity index (χ1v) is 5.78. The highest BCUT2D eigenvalue weighted by molar-refractivity contribution is 7.10. The van der Waals surface area contributed by atoms with Gasteiger partial charge in [0.1, 0.15) is 22.5 Å². The van der Waals surface area contributed by atoms with Crippen LogP contribution in [0.2, 0.25) is 0 Å². The van der Waals surface area contributed by atoms with E-state index in [9.17, 15) is 4.39 Å². The number of benzene rings is 1. The van der Waals surface area contributed by atoms with Crippen molar-refractivity contribution in [3.05, 3.63) is 40.8 Å². The van der Waals surface area contributed by atoms with Gasteiger partial charge in [-0.2, -0.15) is 9.64 Å². The molecule has 2 rings (SSSR count). The molecule has 2 aromatic rings. The fourth-order valence-corrected chi connectivity index (χ4v) is 2.16. The van der Waals surface area contributed by atoms with Crippen LogP contribution in [0.15, 0.2) is 18.2 Å². The minimum atomic E-state index is -0.269. The molecule has 0 radical (unpaired) electrons. The minimum absolute atomic E-state index is 0.269. The van der Waals surface area contributed by atoms with Crippen molar-refractivity contribution in [2.45, 2.75) is 13.8 Å². The average molecular weight is 247 g/mol. The van der Waals surface area contributed by atoms with Crippen LogP contribution in [0.4, 0.5) is 15.1 Å². The highest BCUT2D eigenvalue weighted by Crippen LogP contribution is 2.27. The molecular weight excluding hydrogens is 237 g/mol. The van der Waals surface area contributed by atoms with E-state index in [0.717, 1.165) is 0 Å². The molecule has 86 valence electrons. The molecule has 5 heteroatoms. The molecule has 0 amide bonds. The molecule has 3 nitrogen and oxygen atoms in total. The van der Waals surface area contributed by atoms with E-state index in [4.69, 9.17) is 5.26 Å². The van der Waals surface area contributed by atoms with E-state index in [0.29, 0.717) is 27.5 Å². The van der Waals surface area contributed by atoms with Gasteiger partial charge in [0.05, 0.1) is 5.69 Å². The molecular formula is C12H10FN3S. The molecule has 0 saturated carbocycles. The van der Waals surface area contributed by atoms with Gasteiger partial charge in [0.15, 0.2) is 0 Å². The van der Waals surface area contributed by atoms with Crippen molar-refractivity contribution < 1.29 is 4.39 Å². The summed E-state index contributed by atoms with van der Waals surface area (Å²) in [6, 6.07) is 6.95. The Morgan fingerprint density at radius 1 is 1.41 bits per heavy atom. The SMILES string of the molecule is Cc1ccc(Nc2snc(C)c2C#N)cc1F. The third-order valence-electron chi connectivity index (χ3n) is 2.40. The molecule has 0 bridgehead atoms. The Bertz CT molecular complexity index is 598. The quantitative estimate of drug-likeness (QED) is 0.883. The monoisotopic (exact) mass is 247 g/mol. The molecule has 0 saturated heterocycles. The maximum Gasteiger partial charge on any atom is 0.132 e. The Labute approximate surface area is 103 Å². The molecule has 0 aliphatic carbocycles. The van der Waals surface area contributed by atoms with Crippen LogP contribution in [0.5, 0.6) is 0 Å². The van der Waals surface area contributed by atoms with Crippen molar-refractivity contribution >= 4 is 22.2 Å². The summed E-state index contributed by atoms with van der Waals surface area (Å²) in [5, 5.41) is 12.6. The number of nitrogens with one attached hydrogen (secondary N) is 1. The van der Waals surface area contributed by atoms with Gasteiger partial charge < -0.3 is 5.32 Å². The van der Waals surface area contributed by atoms with Crippen molar-refractivity contribution in [3.63, 3.8) is 0 Å². The predicted molar refractivity (Wildman–Crippen MR) is 66.0 cm³/mol. The predicted octanol–water partition coefficient (Wildman–Crippen LogP) is 3.51. The summed E-state index contributed by atoms with van der Waals surface area (Å²) < 4.78 is 17.4. The van der Waals surface area contributed by atoms with E-state index in [1.165, 1.54) is 17.6 Å². The van der Waals surface area contributed by atoms with Crippen LogP contribution < -0.4 is 5.32 Å². The van der Waals surface area contributed by atoms with Crippen molar-refractivity contribution in [3.8, 4) is 6.07 Å². The molecule has 1 heterocycles. The van der Waals surface area contributed by atoms with E-state index in [1.807, 2.05) is 0 Å². The molecule has 0 fully saturated rings. The molecule has 0 atom stereocenters. The zero-order valence-electron chi connectivity index (χ0n) is 9.41. The number of aromatic nitrogens is 1. The topological polar surface area (TPSA) is 48.7 Å². The van der Waals surface area contributed by atoms with Crippen molar-refractivity contribution in [1.82, 2.24) is 4.37 Å². The fourth-order valence-electron chi connectivity index (χ4n) is 1.39. The van der Waals surface area contributed by atoms with E-state index >= 15 is 0 Å². The second-order valence-corrected chi connectivity index (χ2v) is 4.45. The van der Waals surface area contributed by atoms with Crippen molar-refractivity contribution in [2.24, 2.45) is 0 Å². The number of hydrogen-bond donors (Lipinski definition) is 1. The van der Waals surface area contributed by atoms with Gasteiger partial charge >= 0.3 is 0 Å². The number of aryl methyl sites for hydroxylation is 2. The van der Waals surface area contributed by atoms with Crippen LogP contribution in [-0.2, 0) is 0 Å². The van der Waals surface area contributed by atoms with Gasteiger partial charge in [-0.25, -0.2) is 4.39 Å². The fraction of sp³-hybridized carbons (Fsp3) is 0.167. The highest BCUT2D eigenvalue weighted by atomic mass is 32.1. The molecule has 0 aliphatic rings. The standard InChI is InChI=1S/C12H10FN3S/c1-7-3-4-9(5-11(7)13)15-12-10(6-14)8(2)16-17-12/h3-5,15H,1-2H3. The van der Waals surface area contributed by atoms with Crippen LogP contribution >= 0.6 is 11.5 Å². The molecule has 17 heavy (non-hydrogen) atoms. The molecule has 1 aromatic heterocycles. The molecule has 0 unspecified atom stereocenters. The van der Waals surface area contributed by atoms with Gasteiger partial charge in [-0.3, -0.25) is 0 Å². The molecule has 1 aromatic carbocycles. The number of halogens is 1. The largest absolute Gasteiger partial charge is 0.345 e. The Kier molecular flexibility index (Phi) is 3.07. The number of nitrogens with zero attached hydrogens (tertiary/aromatic N) is 2. The van der Waals surface area contributed by atoms with Crippen LogP contribution in [0.25, 0.3) is 0 Å². The van der Waals surface area contributed by atoms with E-state index in [1.54, 1.807) is 26.0 Å². The summed E-state index contributed by atoms with van der Waals surface area (Å²) >= 11 is 1.20. The van der Waals surface area contributed by atoms with E-state index < -0.39 is 0 Å². The summed E-state index contributed by atoms with van der Waals surface area (Å²) in [4.78, 5) is 0. The van der Waals surface area contributed by atoms with Crippen LogP contribution in [0.1, 0.15) is 16.8 Å². The Morgan fingerprint density at radius 3 is 2.82 bits per heavy atom. The highest BCUT2D eigenvalue weighted by Gasteiger charge is 2.10. The number of hydrogen-bond acceptors (Lipinski definition) is 4. The lowest BCUT2D eigenvalue weighted by Gasteiger charge is -2.05. The first kappa shape index (κ1) is 11.6. The second-order valence-electron chi connectivity index (χ2n) is 3.67. The van der Waals surface area contributed by atoms with Crippen LogP contribution in [0.3, 0.4) is 0 Å². The zero-order valence-corrected chi connectivity index (χ0v) is 10.2. The normalized spacial score (nSPS) is 10.0. The van der Waals surface area contributed by atoms with Gasteiger partial charge in [-0.15, -0.1) is 0 Å². The average Bonchev–Trinajstić information content (AvgIpc) is 2.64. The number of nitriles is 1. The Balaban J connectivity index is 2.32. The summed E-state index contributed by atoms with van der Waals surface area (Å²) in [6.45, 7) is 3.48. The van der Waals surface area contributed by atoms with Crippen LogP contribution in [-0.4, -0.2) is 4.37 Å². The smallest absolute Gasteiger partial charge is 0.132 e. The number of anilines is 2. The lowest BCUT2D eigenvalue weighted by Crippen LogP contribution is -1.92. The lowest BCUT2D eigenvalue weighted by molar-refractivity contribution is 0.619. The maximum atomic E-state index is 13.4. The first-order chi connectivity index (χ1) is 8.11. The van der Waals surface area contributed by atoms with E-state index in [2.05, 4.69) is 15.8 Å². The summed E-state index contributed by atoms with van der Waals surface area (Å²) in [6.07, 6.45) is 0. The summed E-state index contributed by atoms with van der Waals surface area (Å²) in [5.41, 5.74) is 2.41. The molecule has 0 aliphatic heterocycles. The van der Waals surface area contributed by atoms with Gasteiger partial charge in [0.2, 0.25) is 0 Å². The summed E-state index contributed by atoms with van der Waals surface area (Å²) in [5.74, 6) is -0.269. The molecule has 0 spiro atoms.